The van der Waals surface area contributed by atoms with Crippen LogP contribution in [0.3, 0.4) is 0 Å². The molecule has 1 aliphatic carbocycles. The molecule has 24 heavy (non-hydrogen) atoms. The van der Waals surface area contributed by atoms with Crippen LogP contribution in [0.25, 0.3) is 0 Å². The highest BCUT2D eigenvalue weighted by Gasteiger charge is 2.44. The van der Waals surface area contributed by atoms with Gasteiger partial charge in [-0.3, -0.25) is 0 Å². The Kier molecular flexibility index (Phi) is 5.51. The molecule has 0 saturated heterocycles. The molecule has 0 spiro atoms. The Bertz CT molecular complexity index is 786. The molecule has 0 amide bonds. The number of nitriles is 2. The fraction of sp³-hybridized carbons (Fsp3) is 0.250. The van der Waals surface area contributed by atoms with Crippen molar-refractivity contribution in [2.24, 2.45) is 5.92 Å². The lowest BCUT2D eigenvalue weighted by atomic mass is 9.88. The molecule has 0 heterocycles. The molecular weight excluding hydrogens is 375 g/mol. The number of alkyl halides is 1. The number of para-hydroxylation sites is 1. The summed E-state index contributed by atoms with van der Waals surface area (Å²) >= 11 is 18.5. The summed E-state index contributed by atoms with van der Waals surface area (Å²) in [5.74, 6) is -0.124. The lowest BCUT2D eigenvalue weighted by Crippen LogP contribution is -2.32. The van der Waals surface area contributed by atoms with E-state index in [0.717, 1.165) is 0 Å². The van der Waals surface area contributed by atoms with E-state index in [1.54, 1.807) is 18.2 Å². The summed E-state index contributed by atoms with van der Waals surface area (Å²) in [5.41, 5.74) is 0. The number of benzene rings is 1. The molecule has 0 N–H and O–H groups in total. The number of nitrogens with zero attached hydrogens (tertiary/aromatic N) is 2. The first kappa shape index (κ1) is 18.3. The van der Waals surface area contributed by atoms with Crippen molar-refractivity contribution in [2.45, 2.75) is 4.87 Å². The highest BCUT2D eigenvalue weighted by Crippen LogP contribution is 2.46. The number of allylic oxidation sites excluding steroid dienone is 3. The first-order valence-electron chi connectivity index (χ1n) is 6.58. The number of halogens is 3. The zero-order chi connectivity index (χ0) is 17.9. The third kappa shape index (κ3) is 3.12. The number of rotatable bonds is 4. The van der Waals surface area contributed by atoms with Gasteiger partial charge in [0.2, 0.25) is 5.75 Å². The monoisotopic (exact) mass is 384 g/mol. The largest absolute Gasteiger partial charge is 0.493 e. The van der Waals surface area contributed by atoms with Gasteiger partial charge < -0.3 is 14.2 Å². The van der Waals surface area contributed by atoms with Gasteiger partial charge in [0.05, 0.1) is 36.4 Å². The van der Waals surface area contributed by atoms with Crippen molar-refractivity contribution in [3.05, 3.63) is 40.1 Å². The molecule has 0 radical (unpaired) electrons. The van der Waals surface area contributed by atoms with E-state index in [0.29, 0.717) is 11.5 Å². The summed E-state index contributed by atoms with van der Waals surface area (Å²) < 4.78 is 16.2. The molecule has 1 aromatic carbocycles. The first-order valence-corrected chi connectivity index (χ1v) is 7.72. The van der Waals surface area contributed by atoms with Gasteiger partial charge in [-0.1, -0.05) is 40.9 Å². The predicted molar refractivity (Wildman–Crippen MR) is 90.3 cm³/mol. The van der Waals surface area contributed by atoms with Crippen molar-refractivity contribution >= 4 is 34.8 Å². The fourth-order valence-electron chi connectivity index (χ4n) is 2.13. The fourth-order valence-corrected chi connectivity index (χ4v) is 3.23. The molecule has 0 aliphatic heterocycles. The quantitative estimate of drug-likeness (QED) is 0.722. The molecule has 5 nitrogen and oxygen atoms in total. The molecule has 0 bridgehead atoms. The van der Waals surface area contributed by atoms with E-state index in [9.17, 15) is 10.5 Å². The summed E-state index contributed by atoms with van der Waals surface area (Å²) in [6.07, 6.45) is 1.23. The third-order valence-corrected chi connectivity index (χ3v) is 4.41. The van der Waals surface area contributed by atoms with Crippen LogP contribution in [0.15, 0.2) is 40.1 Å². The van der Waals surface area contributed by atoms with Crippen molar-refractivity contribution in [1.82, 2.24) is 0 Å². The maximum atomic E-state index is 9.32. The Labute approximate surface area is 154 Å². The average molecular weight is 386 g/mol. The Hall–Kier alpha value is -2.05. The Balaban J connectivity index is 2.55. The lowest BCUT2D eigenvalue weighted by Gasteiger charge is -2.28. The molecule has 1 aromatic rings. The van der Waals surface area contributed by atoms with E-state index in [1.165, 1.54) is 20.3 Å². The Morgan fingerprint density at radius 3 is 2.17 bits per heavy atom. The lowest BCUT2D eigenvalue weighted by molar-refractivity contribution is 0.331. The van der Waals surface area contributed by atoms with E-state index in [-0.39, 0.29) is 21.6 Å². The van der Waals surface area contributed by atoms with Gasteiger partial charge in [0.1, 0.15) is 5.92 Å². The van der Waals surface area contributed by atoms with E-state index < -0.39 is 10.8 Å². The summed E-state index contributed by atoms with van der Waals surface area (Å²) in [7, 11) is 2.93. The van der Waals surface area contributed by atoms with Gasteiger partial charge in [-0.15, -0.1) is 0 Å². The van der Waals surface area contributed by atoms with Crippen LogP contribution in [0.1, 0.15) is 0 Å². The minimum Gasteiger partial charge on any atom is -0.493 e. The standard InChI is InChI=1S/C16H11Cl3N2O3/c1-22-11-4-3-5-12(23-2)15(11)24-14-10(17)6-16(19,8-21)9(7-20)13(14)18/h3-6,9H,1-2H3. The van der Waals surface area contributed by atoms with Crippen LogP contribution in [-0.4, -0.2) is 19.1 Å². The van der Waals surface area contributed by atoms with Crippen molar-refractivity contribution in [1.29, 1.82) is 10.5 Å². The maximum absolute atomic E-state index is 9.32. The number of hydrogen-bond donors (Lipinski definition) is 0. The molecule has 2 unspecified atom stereocenters. The maximum Gasteiger partial charge on any atom is 0.211 e. The van der Waals surface area contributed by atoms with Crippen molar-refractivity contribution < 1.29 is 14.2 Å². The Morgan fingerprint density at radius 1 is 1.12 bits per heavy atom. The van der Waals surface area contributed by atoms with Crippen LogP contribution in [0.2, 0.25) is 0 Å². The molecule has 8 heteroatoms. The molecular formula is C16H11Cl3N2O3. The van der Waals surface area contributed by atoms with Crippen LogP contribution in [-0.2, 0) is 0 Å². The summed E-state index contributed by atoms with van der Waals surface area (Å²) in [6, 6.07) is 8.77. The average Bonchev–Trinajstić information content (AvgIpc) is 2.58. The summed E-state index contributed by atoms with van der Waals surface area (Å²) in [4.78, 5) is -1.67. The molecule has 124 valence electrons. The molecule has 2 atom stereocenters. The highest BCUT2D eigenvalue weighted by molar-refractivity contribution is 6.39. The van der Waals surface area contributed by atoms with Crippen LogP contribution in [0.4, 0.5) is 0 Å². The molecule has 0 fully saturated rings. The van der Waals surface area contributed by atoms with Crippen molar-refractivity contribution in [2.75, 3.05) is 14.2 Å². The molecule has 1 aliphatic rings. The van der Waals surface area contributed by atoms with Gasteiger partial charge in [-0.05, 0) is 18.2 Å². The minimum atomic E-state index is -1.67. The van der Waals surface area contributed by atoms with E-state index in [1.807, 2.05) is 12.1 Å². The van der Waals surface area contributed by atoms with E-state index >= 15 is 0 Å². The second kappa shape index (κ2) is 7.23. The summed E-state index contributed by atoms with van der Waals surface area (Å²) in [5, 5.41) is 18.5. The van der Waals surface area contributed by atoms with Crippen molar-refractivity contribution in [3.63, 3.8) is 0 Å². The smallest absolute Gasteiger partial charge is 0.211 e. The molecule has 2 rings (SSSR count). The van der Waals surface area contributed by atoms with Gasteiger partial charge in [-0.2, -0.15) is 10.5 Å². The summed E-state index contributed by atoms with van der Waals surface area (Å²) in [6.45, 7) is 0. The number of ether oxygens (including phenoxy) is 3. The van der Waals surface area contributed by atoms with E-state index in [4.69, 9.17) is 49.0 Å². The van der Waals surface area contributed by atoms with E-state index in [2.05, 4.69) is 0 Å². The predicted octanol–water partition coefficient (Wildman–Crippen LogP) is 4.31. The SMILES string of the molecule is COc1cccc(OC)c1OC1=C(Cl)C(C#N)C(Cl)(C#N)C=C1Cl. The number of methoxy groups -OCH3 is 2. The van der Waals surface area contributed by atoms with Crippen molar-refractivity contribution in [3.8, 4) is 29.4 Å². The topological polar surface area (TPSA) is 75.3 Å². The highest BCUT2D eigenvalue weighted by atomic mass is 35.5. The zero-order valence-corrected chi connectivity index (χ0v) is 14.9. The van der Waals surface area contributed by atoms with Crippen LogP contribution < -0.4 is 14.2 Å². The van der Waals surface area contributed by atoms with Gasteiger partial charge in [0, 0.05) is 0 Å². The molecule has 0 saturated carbocycles. The van der Waals surface area contributed by atoms with Gasteiger partial charge >= 0.3 is 0 Å². The Morgan fingerprint density at radius 2 is 1.71 bits per heavy atom. The minimum absolute atomic E-state index is 0.0102. The normalized spacial score (nSPS) is 23.0. The van der Waals surface area contributed by atoms with Gasteiger partial charge in [0.25, 0.3) is 0 Å². The third-order valence-electron chi connectivity index (χ3n) is 3.33. The van der Waals surface area contributed by atoms with Crippen LogP contribution in [0, 0.1) is 28.6 Å². The van der Waals surface area contributed by atoms with Crippen LogP contribution in [0.5, 0.6) is 17.2 Å². The van der Waals surface area contributed by atoms with Gasteiger partial charge in [-0.25, -0.2) is 0 Å². The zero-order valence-electron chi connectivity index (χ0n) is 12.6. The first-order chi connectivity index (χ1) is 11.4. The number of hydrogen-bond acceptors (Lipinski definition) is 5. The second-order valence-corrected chi connectivity index (χ2v) is 6.14. The van der Waals surface area contributed by atoms with Crippen LogP contribution >= 0.6 is 34.8 Å². The second-order valence-electron chi connectivity index (χ2n) is 4.71. The molecule has 0 aromatic heterocycles. The van der Waals surface area contributed by atoms with Gasteiger partial charge in [0.15, 0.2) is 22.1 Å².